The van der Waals surface area contributed by atoms with Crippen LogP contribution in [0.5, 0.6) is 0 Å². The number of carbonyl (C=O) groups is 1. The van der Waals surface area contributed by atoms with Crippen molar-refractivity contribution in [2.24, 2.45) is 0 Å². The summed E-state index contributed by atoms with van der Waals surface area (Å²) in [5.41, 5.74) is 0.791. The van der Waals surface area contributed by atoms with Crippen molar-refractivity contribution in [3.8, 4) is 0 Å². The maximum absolute atomic E-state index is 12.9. The third-order valence-electron chi connectivity index (χ3n) is 4.12. The second kappa shape index (κ2) is 8.89. The third-order valence-corrected chi connectivity index (χ3v) is 5.10. The Kier molecular flexibility index (Phi) is 6.33. The average molecular weight is 360 g/mol. The zero-order chi connectivity index (χ0) is 17.5. The van der Waals surface area contributed by atoms with Crippen molar-refractivity contribution in [2.75, 3.05) is 32.8 Å². The van der Waals surface area contributed by atoms with Gasteiger partial charge < -0.3 is 10.1 Å². The highest BCUT2D eigenvalue weighted by Crippen LogP contribution is 2.25. The molecule has 1 saturated heterocycles. The van der Waals surface area contributed by atoms with E-state index < -0.39 is 0 Å². The maximum atomic E-state index is 12.9. The van der Waals surface area contributed by atoms with E-state index in [1.807, 2.05) is 6.07 Å². The molecule has 25 heavy (non-hydrogen) atoms. The SMILES string of the molecule is O=C(C=Cc1ccc(F)cc1)NCC(c1cccs1)N1CCOCC1. The molecule has 2 heterocycles. The van der Waals surface area contributed by atoms with Gasteiger partial charge in [-0.05, 0) is 35.2 Å². The summed E-state index contributed by atoms with van der Waals surface area (Å²) in [6.45, 7) is 3.72. The van der Waals surface area contributed by atoms with Gasteiger partial charge in [0, 0.05) is 30.6 Å². The molecule has 0 bridgehead atoms. The van der Waals surface area contributed by atoms with Crippen LogP contribution in [0.3, 0.4) is 0 Å². The minimum absolute atomic E-state index is 0.154. The van der Waals surface area contributed by atoms with E-state index in [0.717, 1.165) is 31.9 Å². The Morgan fingerprint density at radius 3 is 2.72 bits per heavy atom. The van der Waals surface area contributed by atoms with Gasteiger partial charge in [-0.3, -0.25) is 9.69 Å². The van der Waals surface area contributed by atoms with Gasteiger partial charge in [0.05, 0.1) is 19.3 Å². The standard InChI is InChI=1S/C19H21FN2O2S/c20-16-6-3-15(4-7-16)5-8-19(23)21-14-17(18-2-1-13-25-18)22-9-11-24-12-10-22/h1-8,13,17H,9-12,14H2,(H,21,23). The van der Waals surface area contributed by atoms with Crippen molar-refractivity contribution < 1.29 is 13.9 Å². The summed E-state index contributed by atoms with van der Waals surface area (Å²) in [4.78, 5) is 15.7. The van der Waals surface area contributed by atoms with Crippen molar-refractivity contribution in [3.63, 3.8) is 0 Å². The van der Waals surface area contributed by atoms with Crippen LogP contribution in [0, 0.1) is 5.82 Å². The predicted octanol–water partition coefficient (Wildman–Crippen LogP) is 3.09. The fourth-order valence-corrected chi connectivity index (χ4v) is 3.64. The van der Waals surface area contributed by atoms with Crippen molar-refractivity contribution in [1.29, 1.82) is 0 Å². The van der Waals surface area contributed by atoms with Gasteiger partial charge in [0.1, 0.15) is 5.82 Å². The van der Waals surface area contributed by atoms with Crippen molar-refractivity contribution >= 4 is 23.3 Å². The van der Waals surface area contributed by atoms with Gasteiger partial charge in [0.2, 0.25) is 5.91 Å². The smallest absolute Gasteiger partial charge is 0.244 e. The van der Waals surface area contributed by atoms with Crippen LogP contribution in [-0.2, 0) is 9.53 Å². The van der Waals surface area contributed by atoms with Crippen molar-refractivity contribution in [2.45, 2.75) is 6.04 Å². The lowest BCUT2D eigenvalue weighted by atomic mass is 10.2. The van der Waals surface area contributed by atoms with Crippen molar-refractivity contribution in [1.82, 2.24) is 10.2 Å². The Morgan fingerprint density at radius 2 is 2.04 bits per heavy atom. The second-order valence-electron chi connectivity index (χ2n) is 5.81. The van der Waals surface area contributed by atoms with Crippen LogP contribution in [0.15, 0.2) is 47.9 Å². The average Bonchev–Trinajstić information content (AvgIpc) is 3.17. The number of nitrogens with one attached hydrogen (secondary N) is 1. The summed E-state index contributed by atoms with van der Waals surface area (Å²) in [6.07, 6.45) is 3.17. The number of thiophene rings is 1. The van der Waals surface area contributed by atoms with Gasteiger partial charge in [0.25, 0.3) is 0 Å². The first kappa shape index (κ1) is 17.8. The minimum atomic E-state index is -0.286. The van der Waals surface area contributed by atoms with Gasteiger partial charge in [-0.1, -0.05) is 18.2 Å². The van der Waals surface area contributed by atoms with Crippen LogP contribution in [0.4, 0.5) is 4.39 Å². The lowest BCUT2D eigenvalue weighted by Crippen LogP contribution is -2.43. The Balaban J connectivity index is 1.58. The molecule has 2 aromatic rings. The van der Waals surface area contributed by atoms with E-state index >= 15 is 0 Å². The number of hydrogen-bond acceptors (Lipinski definition) is 4. The number of morpholine rings is 1. The van der Waals surface area contributed by atoms with E-state index in [4.69, 9.17) is 4.74 Å². The van der Waals surface area contributed by atoms with Gasteiger partial charge in [-0.15, -0.1) is 11.3 Å². The summed E-state index contributed by atoms with van der Waals surface area (Å²) in [7, 11) is 0. The molecular formula is C19H21FN2O2S. The van der Waals surface area contributed by atoms with Crippen LogP contribution in [-0.4, -0.2) is 43.7 Å². The van der Waals surface area contributed by atoms with Crippen LogP contribution in [0.2, 0.25) is 0 Å². The van der Waals surface area contributed by atoms with Gasteiger partial charge in [-0.2, -0.15) is 0 Å². The number of halogens is 1. The Labute approximate surface area is 150 Å². The molecule has 1 aliphatic rings. The maximum Gasteiger partial charge on any atom is 0.244 e. The topological polar surface area (TPSA) is 41.6 Å². The zero-order valence-corrected chi connectivity index (χ0v) is 14.7. The molecule has 6 heteroatoms. The number of carbonyl (C=O) groups excluding carboxylic acids is 1. The van der Waals surface area contributed by atoms with E-state index in [0.29, 0.717) is 6.54 Å². The largest absolute Gasteiger partial charge is 0.379 e. The third kappa shape index (κ3) is 5.22. The minimum Gasteiger partial charge on any atom is -0.379 e. The molecule has 1 fully saturated rings. The molecule has 0 radical (unpaired) electrons. The molecule has 4 nitrogen and oxygen atoms in total. The molecule has 0 saturated carbocycles. The highest BCUT2D eigenvalue weighted by molar-refractivity contribution is 7.10. The fraction of sp³-hybridized carbons (Fsp3) is 0.316. The number of nitrogens with zero attached hydrogens (tertiary/aromatic N) is 1. The highest BCUT2D eigenvalue weighted by Gasteiger charge is 2.23. The number of benzene rings is 1. The first-order valence-corrected chi connectivity index (χ1v) is 9.17. The van der Waals surface area contributed by atoms with E-state index in [1.54, 1.807) is 29.5 Å². The van der Waals surface area contributed by atoms with E-state index in [2.05, 4.69) is 21.7 Å². The summed E-state index contributed by atoms with van der Waals surface area (Å²) in [5.74, 6) is -0.440. The molecule has 1 aliphatic heterocycles. The van der Waals surface area contributed by atoms with Crippen LogP contribution in [0.1, 0.15) is 16.5 Å². The number of ether oxygens (including phenoxy) is 1. The molecule has 1 atom stereocenters. The van der Waals surface area contributed by atoms with Crippen LogP contribution in [0.25, 0.3) is 6.08 Å². The Bertz CT molecular complexity index is 695. The van der Waals surface area contributed by atoms with Crippen molar-refractivity contribution in [3.05, 3.63) is 64.1 Å². The fourth-order valence-electron chi connectivity index (χ4n) is 2.78. The lowest BCUT2D eigenvalue weighted by Gasteiger charge is -2.34. The number of rotatable bonds is 6. The second-order valence-corrected chi connectivity index (χ2v) is 6.79. The molecule has 1 N–H and O–H groups in total. The monoisotopic (exact) mass is 360 g/mol. The molecule has 1 aromatic heterocycles. The zero-order valence-electron chi connectivity index (χ0n) is 13.9. The highest BCUT2D eigenvalue weighted by atomic mass is 32.1. The normalized spacial score (nSPS) is 16.8. The first-order chi connectivity index (χ1) is 12.2. The number of hydrogen-bond donors (Lipinski definition) is 1. The molecule has 132 valence electrons. The van der Waals surface area contributed by atoms with Gasteiger partial charge >= 0.3 is 0 Å². The molecule has 1 aromatic carbocycles. The predicted molar refractivity (Wildman–Crippen MR) is 97.9 cm³/mol. The van der Waals surface area contributed by atoms with Crippen LogP contribution < -0.4 is 5.32 Å². The van der Waals surface area contributed by atoms with E-state index in [1.165, 1.54) is 23.1 Å². The molecular weight excluding hydrogens is 339 g/mol. The Morgan fingerprint density at radius 1 is 1.28 bits per heavy atom. The summed E-state index contributed by atoms with van der Waals surface area (Å²) in [6, 6.07) is 10.3. The summed E-state index contributed by atoms with van der Waals surface area (Å²) < 4.78 is 18.3. The van der Waals surface area contributed by atoms with Gasteiger partial charge in [0.15, 0.2) is 0 Å². The summed E-state index contributed by atoms with van der Waals surface area (Å²) >= 11 is 1.70. The molecule has 3 rings (SSSR count). The Hall–Kier alpha value is -2.02. The summed E-state index contributed by atoms with van der Waals surface area (Å²) in [5, 5.41) is 5.03. The molecule has 1 amide bonds. The van der Waals surface area contributed by atoms with E-state index in [9.17, 15) is 9.18 Å². The van der Waals surface area contributed by atoms with Crippen LogP contribution >= 0.6 is 11.3 Å². The molecule has 0 aliphatic carbocycles. The van der Waals surface area contributed by atoms with E-state index in [-0.39, 0.29) is 17.8 Å². The molecule has 1 unspecified atom stereocenters. The first-order valence-electron chi connectivity index (χ1n) is 8.29. The molecule has 0 spiro atoms. The number of amides is 1. The quantitative estimate of drug-likeness (QED) is 0.805. The van der Waals surface area contributed by atoms with Gasteiger partial charge in [-0.25, -0.2) is 4.39 Å². The lowest BCUT2D eigenvalue weighted by molar-refractivity contribution is -0.116.